The molecule has 6 atom stereocenters. The highest BCUT2D eigenvalue weighted by atomic mass is 32.2. The van der Waals surface area contributed by atoms with Crippen LogP contribution < -0.4 is 10.4 Å². The van der Waals surface area contributed by atoms with E-state index in [9.17, 15) is 33.6 Å². The number of ether oxygens (including phenoxy) is 6. The number of rotatable bonds is 11. The number of fused-ring (bicyclic) bond motifs is 1. The number of esters is 4. The zero-order chi connectivity index (χ0) is 37.6. The average molecular weight is 734 g/mol. The van der Waals surface area contributed by atoms with E-state index in [2.05, 4.69) is 5.10 Å². The van der Waals surface area contributed by atoms with E-state index in [1.54, 1.807) is 18.2 Å². The Morgan fingerprint density at radius 1 is 0.882 bits per heavy atom. The van der Waals surface area contributed by atoms with Crippen molar-refractivity contribution in [2.45, 2.75) is 97.3 Å². The van der Waals surface area contributed by atoms with Gasteiger partial charge in [-0.25, -0.2) is 9.80 Å². The summed E-state index contributed by atoms with van der Waals surface area (Å²) in [7, 11) is 0. The van der Waals surface area contributed by atoms with E-state index >= 15 is 0 Å². The fourth-order valence-electron chi connectivity index (χ4n) is 5.48. The SMILES string of the molecule is CCCCOc1ccc2oc(=O)cc(C3SC(N(C(C)=O)[C@@H]4O[C@H](COC(C)=O)[C@@H](OC(C)=O)[C@H](OC(C)=O)[C@H]4OC(C)=O)=NN3C(C)=O)c2c1. The molecule has 51 heavy (non-hydrogen) atoms. The molecule has 1 fully saturated rings. The number of thioether (sulfide) groups is 1. The lowest BCUT2D eigenvalue weighted by atomic mass is 9.96. The number of unbranched alkanes of at least 4 members (excludes halogenated alkanes) is 1. The van der Waals surface area contributed by atoms with Crippen molar-refractivity contribution in [1.29, 1.82) is 0 Å². The molecule has 1 aromatic heterocycles. The van der Waals surface area contributed by atoms with Crippen LogP contribution in [-0.4, -0.2) is 94.6 Å². The quantitative estimate of drug-likeness (QED) is 0.141. The molecule has 2 aromatic rings. The van der Waals surface area contributed by atoms with Gasteiger partial charge in [-0.05, 0) is 24.6 Å². The predicted octanol–water partition coefficient (Wildman–Crippen LogP) is 2.77. The van der Waals surface area contributed by atoms with E-state index in [4.69, 9.17) is 32.8 Å². The van der Waals surface area contributed by atoms with Crippen molar-refractivity contribution in [3.05, 3.63) is 40.2 Å². The number of hydrogen-bond donors (Lipinski definition) is 0. The average Bonchev–Trinajstić information content (AvgIpc) is 3.47. The monoisotopic (exact) mass is 733 g/mol. The number of carbonyl (C=O) groups excluding carboxylic acids is 6. The van der Waals surface area contributed by atoms with Crippen LogP contribution in [0.15, 0.2) is 38.6 Å². The number of carbonyl (C=O) groups is 6. The molecule has 1 unspecified atom stereocenters. The second kappa shape index (κ2) is 16.8. The summed E-state index contributed by atoms with van der Waals surface area (Å²) in [5, 5.41) is 4.76. The summed E-state index contributed by atoms with van der Waals surface area (Å²) in [4.78, 5) is 89.0. The zero-order valence-electron chi connectivity index (χ0n) is 29.1. The summed E-state index contributed by atoms with van der Waals surface area (Å²) in [6, 6.07) is 6.10. The summed E-state index contributed by atoms with van der Waals surface area (Å²) >= 11 is 0.888. The summed E-state index contributed by atoms with van der Waals surface area (Å²) < 4.78 is 39.1. The minimum Gasteiger partial charge on any atom is -0.494 e. The molecule has 0 spiro atoms. The van der Waals surface area contributed by atoms with Gasteiger partial charge in [-0.15, -0.1) is 5.10 Å². The van der Waals surface area contributed by atoms with Gasteiger partial charge in [0.05, 0.1) is 6.61 Å². The smallest absolute Gasteiger partial charge is 0.336 e. The van der Waals surface area contributed by atoms with Gasteiger partial charge in [-0.3, -0.25) is 33.7 Å². The molecule has 0 saturated carbocycles. The molecular formula is C33H39N3O14S. The number of amides is 2. The maximum absolute atomic E-state index is 13.5. The van der Waals surface area contributed by atoms with Crippen molar-refractivity contribution in [2.75, 3.05) is 13.2 Å². The molecule has 2 amide bonds. The molecule has 4 rings (SSSR count). The van der Waals surface area contributed by atoms with Crippen molar-refractivity contribution >= 4 is 63.6 Å². The Kier molecular flexibility index (Phi) is 12.8. The van der Waals surface area contributed by atoms with Gasteiger partial charge in [0.1, 0.15) is 29.4 Å². The van der Waals surface area contributed by atoms with Crippen molar-refractivity contribution in [2.24, 2.45) is 5.10 Å². The van der Waals surface area contributed by atoms with Gasteiger partial charge < -0.3 is 32.8 Å². The standard InChI is InChI=1S/C33H39N3O14S/c1-8-9-12-44-22-10-11-25-23(13-22)24(14-27(43)49-25)32-36(17(3)38)34-33(51-32)35(16(2)37)31-30(48-21(7)42)29(47-20(6)41)28(46-19(5)40)26(50-31)15-45-18(4)39/h10-11,13-14,26,28-32H,8-9,12,15H2,1-7H3/t26-,28-,29+,30-,31-,32?/m1/s1. The molecular weight excluding hydrogens is 694 g/mol. The molecule has 2 aliphatic heterocycles. The van der Waals surface area contributed by atoms with Crippen LogP contribution in [0.4, 0.5) is 0 Å². The third kappa shape index (κ3) is 9.43. The first-order valence-electron chi connectivity index (χ1n) is 16.0. The van der Waals surface area contributed by atoms with E-state index in [1.807, 2.05) is 6.92 Å². The van der Waals surface area contributed by atoms with Crippen LogP contribution in [-0.2, 0) is 52.5 Å². The predicted molar refractivity (Wildman–Crippen MR) is 178 cm³/mol. The third-order valence-corrected chi connectivity index (χ3v) is 8.67. The summed E-state index contributed by atoms with van der Waals surface area (Å²) in [5.41, 5.74) is -0.190. The summed E-state index contributed by atoms with van der Waals surface area (Å²) in [6.07, 6.45) is -5.96. The van der Waals surface area contributed by atoms with Crippen LogP contribution in [0.5, 0.6) is 5.75 Å². The van der Waals surface area contributed by atoms with Gasteiger partial charge in [0.25, 0.3) is 0 Å². The van der Waals surface area contributed by atoms with E-state index in [-0.39, 0.29) is 10.8 Å². The minimum atomic E-state index is -1.64. The van der Waals surface area contributed by atoms with Gasteiger partial charge in [0.2, 0.25) is 11.8 Å². The number of benzene rings is 1. The van der Waals surface area contributed by atoms with Gasteiger partial charge in [0, 0.05) is 58.6 Å². The highest BCUT2D eigenvalue weighted by molar-refractivity contribution is 8.14. The molecule has 1 aromatic carbocycles. The van der Waals surface area contributed by atoms with Gasteiger partial charge in [-0.2, -0.15) is 0 Å². The van der Waals surface area contributed by atoms with E-state index < -0.39 is 83.9 Å². The van der Waals surface area contributed by atoms with E-state index in [0.29, 0.717) is 23.3 Å². The van der Waals surface area contributed by atoms with Gasteiger partial charge >= 0.3 is 29.5 Å². The molecule has 3 heterocycles. The first-order chi connectivity index (χ1) is 24.1. The molecule has 0 N–H and O–H groups in total. The first-order valence-corrected chi connectivity index (χ1v) is 16.8. The molecule has 18 heteroatoms. The van der Waals surface area contributed by atoms with Crippen LogP contribution in [0.25, 0.3) is 11.0 Å². The third-order valence-electron chi connectivity index (χ3n) is 7.50. The molecule has 276 valence electrons. The second-order valence-electron chi connectivity index (χ2n) is 11.6. The van der Waals surface area contributed by atoms with Crippen molar-refractivity contribution in [1.82, 2.24) is 9.91 Å². The lowest BCUT2D eigenvalue weighted by Crippen LogP contribution is -2.67. The van der Waals surface area contributed by atoms with E-state index in [0.717, 1.165) is 69.1 Å². The van der Waals surface area contributed by atoms with Crippen LogP contribution in [0, 0.1) is 0 Å². The van der Waals surface area contributed by atoms with Crippen molar-refractivity contribution < 1.29 is 61.6 Å². The lowest BCUT2D eigenvalue weighted by molar-refractivity contribution is -0.269. The minimum absolute atomic E-state index is 0.139. The fourth-order valence-corrected chi connectivity index (χ4v) is 6.78. The Hall–Kier alpha value is -4.97. The number of amidine groups is 1. The van der Waals surface area contributed by atoms with Crippen LogP contribution >= 0.6 is 11.8 Å². The van der Waals surface area contributed by atoms with Gasteiger partial charge in [-0.1, -0.05) is 25.1 Å². The normalized spacial score (nSPS) is 22.8. The largest absolute Gasteiger partial charge is 0.494 e. The first kappa shape index (κ1) is 38.8. The van der Waals surface area contributed by atoms with E-state index in [1.165, 1.54) is 13.0 Å². The Bertz CT molecular complexity index is 1780. The zero-order valence-corrected chi connectivity index (χ0v) is 29.9. The Morgan fingerprint density at radius 3 is 2.12 bits per heavy atom. The molecule has 1 saturated heterocycles. The molecule has 0 bridgehead atoms. The Balaban J connectivity index is 1.83. The van der Waals surface area contributed by atoms with Gasteiger partial charge in [0.15, 0.2) is 29.7 Å². The Morgan fingerprint density at radius 2 is 1.53 bits per heavy atom. The summed E-state index contributed by atoms with van der Waals surface area (Å²) in [6.45, 7) is 8.66. The maximum Gasteiger partial charge on any atom is 0.336 e. The lowest BCUT2D eigenvalue weighted by Gasteiger charge is -2.47. The molecule has 17 nitrogen and oxygen atoms in total. The fraction of sp³-hybridized carbons (Fsp3) is 0.515. The van der Waals surface area contributed by atoms with Crippen LogP contribution in [0.1, 0.15) is 72.2 Å². The number of hydrogen-bond acceptors (Lipinski definition) is 16. The molecule has 0 aliphatic carbocycles. The molecule has 2 aliphatic rings. The number of nitrogens with zero attached hydrogens (tertiary/aromatic N) is 3. The van der Waals surface area contributed by atoms with Crippen molar-refractivity contribution in [3.63, 3.8) is 0 Å². The Labute approximate surface area is 296 Å². The maximum atomic E-state index is 13.5. The second-order valence-corrected chi connectivity index (χ2v) is 12.6. The topological polar surface area (TPSA) is 207 Å². The van der Waals surface area contributed by atoms with Crippen LogP contribution in [0.3, 0.4) is 0 Å². The molecule has 0 radical (unpaired) electrons. The highest BCUT2D eigenvalue weighted by Gasteiger charge is 2.56. The highest BCUT2D eigenvalue weighted by Crippen LogP contribution is 2.44. The summed E-state index contributed by atoms with van der Waals surface area (Å²) in [5.74, 6) is -4.09. The van der Waals surface area contributed by atoms with Crippen LogP contribution in [0.2, 0.25) is 0 Å². The number of hydrazone groups is 1. The van der Waals surface area contributed by atoms with Crippen molar-refractivity contribution in [3.8, 4) is 5.75 Å².